The second-order valence-electron chi connectivity index (χ2n) is 4.71. The van der Waals surface area contributed by atoms with Crippen molar-refractivity contribution >= 4 is 11.6 Å². The van der Waals surface area contributed by atoms with Crippen molar-refractivity contribution in [2.75, 3.05) is 18.4 Å². The van der Waals surface area contributed by atoms with Crippen molar-refractivity contribution in [1.29, 1.82) is 0 Å². The molecule has 1 aromatic rings. The first-order valence-corrected chi connectivity index (χ1v) is 6.43. The largest absolute Gasteiger partial charge is 0.371 e. The Hall–Kier alpha value is -1.86. The fraction of sp³-hybridized carbons (Fsp3) is 0.462. The van der Waals surface area contributed by atoms with Crippen LogP contribution in [0.15, 0.2) is 0 Å². The summed E-state index contributed by atoms with van der Waals surface area (Å²) in [5.41, 5.74) is -1.19. The lowest BCUT2D eigenvalue weighted by Crippen LogP contribution is -2.37. The first-order valence-electron chi connectivity index (χ1n) is 6.43. The lowest BCUT2D eigenvalue weighted by atomic mass is 10.2. The Kier molecular flexibility index (Phi) is 4.34. The summed E-state index contributed by atoms with van der Waals surface area (Å²) in [6.45, 7) is 1.62. The van der Waals surface area contributed by atoms with Crippen molar-refractivity contribution in [2.45, 2.75) is 25.8 Å². The van der Waals surface area contributed by atoms with Crippen molar-refractivity contribution in [3.05, 3.63) is 29.1 Å². The number of benzene rings is 1. The van der Waals surface area contributed by atoms with Crippen molar-refractivity contribution in [2.24, 2.45) is 0 Å². The van der Waals surface area contributed by atoms with Gasteiger partial charge in [0, 0.05) is 12.6 Å². The maximum Gasteiger partial charge on any atom is 0.242 e. The number of likely N-dealkylation sites (N-methyl/N-ethyl adjacent to an activating group) is 1. The average molecular weight is 308 g/mol. The SMILES string of the molecule is CCN(C(=O)CNc1c(F)c(F)c(F)c(F)c1F)C1CC1. The van der Waals surface area contributed by atoms with E-state index in [-0.39, 0.29) is 6.04 Å². The smallest absolute Gasteiger partial charge is 0.242 e. The highest BCUT2D eigenvalue weighted by Gasteiger charge is 2.32. The predicted octanol–water partition coefficient (Wildman–Crippen LogP) is 2.80. The molecule has 1 saturated carbocycles. The molecule has 2 rings (SSSR count). The van der Waals surface area contributed by atoms with E-state index in [2.05, 4.69) is 0 Å². The van der Waals surface area contributed by atoms with Gasteiger partial charge in [-0.1, -0.05) is 0 Å². The van der Waals surface area contributed by atoms with Crippen LogP contribution in [0, 0.1) is 29.1 Å². The van der Waals surface area contributed by atoms with Crippen LogP contribution in [0.1, 0.15) is 19.8 Å². The summed E-state index contributed by atoms with van der Waals surface area (Å²) >= 11 is 0. The zero-order chi connectivity index (χ0) is 15.7. The van der Waals surface area contributed by atoms with Crippen LogP contribution in [-0.2, 0) is 4.79 Å². The average Bonchev–Trinajstić information content (AvgIpc) is 3.28. The number of rotatable bonds is 5. The number of carbonyl (C=O) groups excluding carboxylic acids is 1. The van der Waals surface area contributed by atoms with Crippen molar-refractivity contribution in [3.8, 4) is 0 Å². The Morgan fingerprint density at radius 3 is 1.95 bits per heavy atom. The van der Waals surface area contributed by atoms with Gasteiger partial charge < -0.3 is 10.2 Å². The van der Waals surface area contributed by atoms with Crippen LogP contribution >= 0.6 is 0 Å². The van der Waals surface area contributed by atoms with Crippen LogP contribution in [0.25, 0.3) is 0 Å². The molecule has 0 radical (unpaired) electrons. The minimum atomic E-state index is -2.23. The number of nitrogens with one attached hydrogen (secondary N) is 1. The van der Waals surface area contributed by atoms with E-state index >= 15 is 0 Å². The zero-order valence-electron chi connectivity index (χ0n) is 11.2. The Morgan fingerprint density at radius 2 is 1.52 bits per heavy atom. The summed E-state index contributed by atoms with van der Waals surface area (Å²) in [7, 11) is 0. The van der Waals surface area contributed by atoms with Gasteiger partial charge in [0.15, 0.2) is 23.3 Å². The van der Waals surface area contributed by atoms with E-state index in [0.29, 0.717) is 6.54 Å². The summed E-state index contributed by atoms with van der Waals surface area (Å²) in [4.78, 5) is 13.3. The van der Waals surface area contributed by atoms with Gasteiger partial charge >= 0.3 is 0 Å². The van der Waals surface area contributed by atoms with Crippen LogP contribution in [-0.4, -0.2) is 29.9 Å². The molecule has 1 N–H and O–H groups in total. The van der Waals surface area contributed by atoms with Crippen molar-refractivity contribution in [1.82, 2.24) is 4.90 Å². The first-order chi connectivity index (χ1) is 9.88. The number of nitrogens with zero attached hydrogens (tertiary/aromatic N) is 1. The Bertz CT molecular complexity index is 545. The molecule has 0 aliphatic heterocycles. The van der Waals surface area contributed by atoms with Gasteiger partial charge in [-0.25, -0.2) is 22.0 Å². The van der Waals surface area contributed by atoms with Gasteiger partial charge in [-0.2, -0.15) is 0 Å². The van der Waals surface area contributed by atoms with E-state index in [4.69, 9.17) is 0 Å². The first kappa shape index (κ1) is 15.5. The summed E-state index contributed by atoms with van der Waals surface area (Å²) in [6, 6.07) is 0.0979. The van der Waals surface area contributed by atoms with E-state index in [1.54, 1.807) is 6.92 Å². The van der Waals surface area contributed by atoms with E-state index in [1.165, 1.54) is 4.90 Å². The molecule has 1 aliphatic rings. The summed E-state index contributed by atoms with van der Waals surface area (Å²) in [6.07, 6.45) is 1.70. The van der Waals surface area contributed by atoms with Gasteiger partial charge in [-0.05, 0) is 19.8 Å². The number of halogens is 5. The van der Waals surface area contributed by atoms with Crippen LogP contribution < -0.4 is 5.32 Å². The lowest BCUT2D eigenvalue weighted by molar-refractivity contribution is -0.129. The number of amides is 1. The van der Waals surface area contributed by atoms with Crippen LogP contribution in [0.5, 0.6) is 0 Å². The Balaban J connectivity index is 2.15. The minimum absolute atomic E-state index is 0.0979. The Morgan fingerprint density at radius 1 is 1.05 bits per heavy atom. The third-order valence-electron chi connectivity index (χ3n) is 3.27. The van der Waals surface area contributed by atoms with Crippen LogP contribution in [0.2, 0.25) is 0 Å². The van der Waals surface area contributed by atoms with E-state index in [9.17, 15) is 26.7 Å². The topological polar surface area (TPSA) is 32.3 Å². The van der Waals surface area contributed by atoms with Gasteiger partial charge in [0.1, 0.15) is 5.69 Å². The van der Waals surface area contributed by atoms with E-state index < -0.39 is 47.2 Å². The molecule has 116 valence electrons. The van der Waals surface area contributed by atoms with Gasteiger partial charge in [0.2, 0.25) is 11.7 Å². The lowest BCUT2D eigenvalue weighted by Gasteiger charge is -2.21. The van der Waals surface area contributed by atoms with Crippen LogP contribution in [0.3, 0.4) is 0 Å². The van der Waals surface area contributed by atoms with Gasteiger partial charge in [0.05, 0.1) is 6.54 Å². The monoisotopic (exact) mass is 308 g/mol. The maximum absolute atomic E-state index is 13.4. The van der Waals surface area contributed by atoms with Crippen LogP contribution in [0.4, 0.5) is 27.6 Å². The highest BCUT2D eigenvalue weighted by molar-refractivity contribution is 5.81. The molecule has 1 amide bonds. The summed E-state index contributed by atoms with van der Waals surface area (Å²) in [5.74, 6) is -10.7. The molecule has 3 nitrogen and oxygen atoms in total. The molecule has 0 aromatic heterocycles. The predicted molar refractivity (Wildman–Crippen MR) is 65.1 cm³/mol. The normalized spacial score (nSPS) is 14.2. The van der Waals surface area contributed by atoms with Gasteiger partial charge in [-0.15, -0.1) is 0 Å². The second kappa shape index (κ2) is 5.87. The number of anilines is 1. The second-order valence-corrected chi connectivity index (χ2v) is 4.71. The van der Waals surface area contributed by atoms with Gasteiger partial charge in [0.25, 0.3) is 0 Å². The molecule has 1 aromatic carbocycles. The molecular formula is C13H13F5N2O. The standard InChI is InChI=1S/C13H13F5N2O/c1-2-20(6-3-4-6)7(21)5-19-13-11(17)9(15)8(14)10(16)12(13)18/h6,19H,2-5H2,1H3. The fourth-order valence-corrected chi connectivity index (χ4v) is 2.05. The van der Waals surface area contributed by atoms with Crippen molar-refractivity contribution < 1.29 is 26.7 Å². The molecule has 0 heterocycles. The molecule has 21 heavy (non-hydrogen) atoms. The summed E-state index contributed by atoms with van der Waals surface area (Å²) in [5, 5.41) is 2.00. The third-order valence-corrected chi connectivity index (χ3v) is 3.27. The minimum Gasteiger partial charge on any atom is -0.371 e. The quantitative estimate of drug-likeness (QED) is 0.515. The zero-order valence-corrected chi connectivity index (χ0v) is 11.2. The third kappa shape index (κ3) is 2.93. The molecule has 0 spiro atoms. The molecule has 0 bridgehead atoms. The van der Waals surface area contributed by atoms with Crippen molar-refractivity contribution in [3.63, 3.8) is 0 Å². The Labute approximate surface area is 117 Å². The molecule has 0 saturated heterocycles. The fourth-order valence-electron chi connectivity index (χ4n) is 2.05. The highest BCUT2D eigenvalue weighted by Crippen LogP contribution is 2.28. The maximum atomic E-state index is 13.4. The molecule has 8 heteroatoms. The number of hydrogen-bond donors (Lipinski definition) is 1. The molecule has 1 aliphatic carbocycles. The highest BCUT2D eigenvalue weighted by atomic mass is 19.2. The number of hydrogen-bond acceptors (Lipinski definition) is 2. The van der Waals surface area contributed by atoms with E-state index in [0.717, 1.165) is 12.8 Å². The molecule has 1 fully saturated rings. The molecule has 0 atom stereocenters. The molecular weight excluding hydrogens is 295 g/mol. The molecule has 0 unspecified atom stereocenters. The van der Waals surface area contributed by atoms with E-state index in [1.807, 2.05) is 5.32 Å². The van der Waals surface area contributed by atoms with Gasteiger partial charge in [-0.3, -0.25) is 4.79 Å². The number of carbonyl (C=O) groups is 1. The summed E-state index contributed by atoms with van der Waals surface area (Å²) < 4.78 is 65.6.